The second kappa shape index (κ2) is 5.60. The first-order valence-electron chi connectivity index (χ1n) is 7.00. The summed E-state index contributed by atoms with van der Waals surface area (Å²) >= 11 is 0. The molecule has 1 aliphatic carbocycles. The van der Waals surface area contributed by atoms with Crippen LogP contribution in [0.15, 0.2) is 30.5 Å². The number of methoxy groups -OCH3 is 1. The van der Waals surface area contributed by atoms with Crippen LogP contribution >= 0.6 is 0 Å². The molecule has 110 valence electrons. The highest BCUT2D eigenvalue weighted by molar-refractivity contribution is 5.75. The molecule has 1 N–H and O–H groups in total. The van der Waals surface area contributed by atoms with E-state index in [9.17, 15) is 4.79 Å². The van der Waals surface area contributed by atoms with Gasteiger partial charge in [-0.3, -0.25) is 9.89 Å². The molecule has 2 atom stereocenters. The fourth-order valence-electron chi connectivity index (χ4n) is 2.46. The third-order valence-corrected chi connectivity index (χ3v) is 3.89. The number of carbonyl (C=O) groups excluding carboxylic acids is 1. The molecule has 0 spiro atoms. The molecule has 0 bridgehead atoms. The summed E-state index contributed by atoms with van der Waals surface area (Å²) < 4.78 is 10.4. The number of benzene rings is 1. The van der Waals surface area contributed by atoms with Crippen LogP contribution in [0.3, 0.4) is 0 Å². The summed E-state index contributed by atoms with van der Waals surface area (Å²) in [5.74, 6) is 0.987. The molecule has 1 aromatic heterocycles. The van der Waals surface area contributed by atoms with Gasteiger partial charge in [0.1, 0.15) is 5.75 Å². The number of rotatable bonds is 5. The molecule has 1 aromatic carbocycles. The quantitative estimate of drug-likeness (QED) is 0.858. The third kappa shape index (κ3) is 2.91. The molecule has 0 saturated heterocycles. The van der Waals surface area contributed by atoms with Crippen molar-refractivity contribution in [1.29, 1.82) is 0 Å². The Morgan fingerprint density at radius 2 is 2.14 bits per heavy atom. The van der Waals surface area contributed by atoms with Crippen molar-refractivity contribution in [3.63, 3.8) is 0 Å². The molecule has 5 nitrogen and oxygen atoms in total. The van der Waals surface area contributed by atoms with E-state index in [1.807, 2.05) is 37.4 Å². The zero-order valence-electron chi connectivity index (χ0n) is 12.1. The van der Waals surface area contributed by atoms with Crippen molar-refractivity contribution >= 4 is 5.97 Å². The van der Waals surface area contributed by atoms with Gasteiger partial charge < -0.3 is 9.47 Å². The first kappa shape index (κ1) is 13.7. The summed E-state index contributed by atoms with van der Waals surface area (Å²) in [7, 11) is 1.43. The zero-order chi connectivity index (χ0) is 14.8. The van der Waals surface area contributed by atoms with E-state index in [-0.39, 0.29) is 17.8 Å². The Morgan fingerprint density at radius 3 is 2.76 bits per heavy atom. The monoisotopic (exact) mass is 286 g/mol. The summed E-state index contributed by atoms with van der Waals surface area (Å²) in [6.07, 6.45) is 2.75. The fraction of sp³-hybridized carbons (Fsp3) is 0.375. The standard InChI is InChI=1S/C16H18N2O3/c1-10-15(8-17-18-10)11-3-5-13(6-4-11)21-9-12-7-14(12)16(19)20-2/h3-6,8,12,14H,7,9H2,1-2H3,(H,17,18)/t12-,14+/m0/s1. The molecule has 3 rings (SSSR count). The van der Waals surface area contributed by atoms with Gasteiger partial charge in [0.25, 0.3) is 0 Å². The van der Waals surface area contributed by atoms with Gasteiger partial charge in [0.05, 0.1) is 25.3 Å². The molecule has 21 heavy (non-hydrogen) atoms. The van der Waals surface area contributed by atoms with E-state index < -0.39 is 0 Å². The molecule has 5 heteroatoms. The van der Waals surface area contributed by atoms with E-state index in [0.717, 1.165) is 29.0 Å². The molecule has 0 unspecified atom stereocenters. The number of aryl methyl sites for hydroxylation is 1. The summed E-state index contributed by atoms with van der Waals surface area (Å²) in [6, 6.07) is 7.91. The molecule has 0 aliphatic heterocycles. The molecule has 2 aromatic rings. The van der Waals surface area contributed by atoms with Gasteiger partial charge in [-0.05, 0) is 31.0 Å². The maximum Gasteiger partial charge on any atom is 0.309 e. The van der Waals surface area contributed by atoms with Crippen LogP contribution in [0, 0.1) is 18.8 Å². The van der Waals surface area contributed by atoms with Gasteiger partial charge in [-0.1, -0.05) is 12.1 Å². The van der Waals surface area contributed by atoms with Crippen molar-refractivity contribution in [1.82, 2.24) is 10.2 Å². The van der Waals surface area contributed by atoms with Crippen LogP contribution in [-0.4, -0.2) is 29.9 Å². The molecule has 1 fully saturated rings. The second-order valence-electron chi connectivity index (χ2n) is 5.35. The molecular weight excluding hydrogens is 268 g/mol. The number of esters is 1. The number of nitrogens with zero attached hydrogens (tertiary/aromatic N) is 1. The SMILES string of the molecule is COC(=O)[C@@H]1C[C@H]1COc1ccc(-c2c[nH]nc2C)cc1. The van der Waals surface area contributed by atoms with Gasteiger partial charge in [0, 0.05) is 17.7 Å². The van der Waals surface area contributed by atoms with Crippen LogP contribution in [-0.2, 0) is 9.53 Å². The van der Waals surface area contributed by atoms with E-state index in [2.05, 4.69) is 10.2 Å². The van der Waals surface area contributed by atoms with E-state index in [0.29, 0.717) is 6.61 Å². The lowest BCUT2D eigenvalue weighted by atomic mass is 10.1. The van der Waals surface area contributed by atoms with Crippen LogP contribution in [0.25, 0.3) is 11.1 Å². The van der Waals surface area contributed by atoms with Crippen LogP contribution in [0.2, 0.25) is 0 Å². The van der Waals surface area contributed by atoms with Crippen LogP contribution in [0.4, 0.5) is 0 Å². The van der Waals surface area contributed by atoms with E-state index in [4.69, 9.17) is 9.47 Å². The average molecular weight is 286 g/mol. The van der Waals surface area contributed by atoms with Crippen LogP contribution < -0.4 is 4.74 Å². The molecule has 1 aliphatic rings. The van der Waals surface area contributed by atoms with Crippen molar-refractivity contribution in [2.45, 2.75) is 13.3 Å². The molecule has 1 saturated carbocycles. The predicted octanol–water partition coefficient (Wildman–Crippen LogP) is 2.57. The Bertz CT molecular complexity index is 633. The van der Waals surface area contributed by atoms with Gasteiger partial charge in [-0.2, -0.15) is 5.10 Å². The van der Waals surface area contributed by atoms with E-state index in [1.54, 1.807) is 0 Å². The number of ether oxygens (including phenoxy) is 2. The molecular formula is C16H18N2O3. The minimum atomic E-state index is -0.130. The van der Waals surface area contributed by atoms with Crippen molar-refractivity contribution in [2.75, 3.05) is 13.7 Å². The highest BCUT2D eigenvalue weighted by Gasteiger charge is 2.44. The number of aromatic amines is 1. The Morgan fingerprint density at radius 1 is 1.38 bits per heavy atom. The lowest BCUT2D eigenvalue weighted by Gasteiger charge is -2.06. The number of hydrogen-bond donors (Lipinski definition) is 1. The lowest BCUT2D eigenvalue weighted by Crippen LogP contribution is -2.08. The maximum absolute atomic E-state index is 11.3. The van der Waals surface area contributed by atoms with Gasteiger partial charge >= 0.3 is 5.97 Å². The minimum Gasteiger partial charge on any atom is -0.493 e. The maximum atomic E-state index is 11.3. The van der Waals surface area contributed by atoms with Crippen molar-refractivity contribution in [3.8, 4) is 16.9 Å². The summed E-state index contributed by atoms with van der Waals surface area (Å²) in [4.78, 5) is 11.3. The van der Waals surface area contributed by atoms with Crippen molar-refractivity contribution in [2.24, 2.45) is 11.8 Å². The Hall–Kier alpha value is -2.30. The molecule has 0 amide bonds. The largest absolute Gasteiger partial charge is 0.493 e. The Labute approximate surface area is 123 Å². The average Bonchev–Trinajstić information content (AvgIpc) is 3.17. The van der Waals surface area contributed by atoms with Gasteiger partial charge in [0.15, 0.2) is 0 Å². The van der Waals surface area contributed by atoms with E-state index in [1.165, 1.54) is 7.11 Å². The minimum absolute atomic E-state index is 0.0165. The number of nitrogens with one attached hydrogen (secondary N) is 1. The zero-order valence-corrected chi connectivity index (χ0v) is 12.1. The fourth-order valence-corrected chi connectivity index (χ4v) is 2.46. The van der Waals surface area contributed by atoms with Crippen LogP contribution in [0.1, 0.15) is 12.1 Å². The Kier molecular flexibility index (Phi) is 3.64. The van der Waals surface area contributed by atoms with Gasteiger partial charge in [0.2, 0.25) is 0 Å². The van der Waals surface area contributed by atoms with Gasteiger partial charge in [-0.15, -0.1) is 0 Å². The number of hydrogen-bond acceptors (Lipinski definition) is 4. The summed E-state index contributed by atoms with van der Waals surface area (Å²) in [5, 5.41) is 6.97. The number of aromatic nitrogens is 2. The third-order valence-electron chi connectivity index (χ3n) is 3.89. The summed E-state index contributed by atoms with van der Waals surface area (Å²) in [5.41, 5.74) is 3.17. The summed E-state index contributed by atoms with van der Waals surface area (Å²) in [6.45, 7) is 2.53. The lowest BCUT2D eigenvalue weighted by molar-refractivity contribution is -0.142. The molecule has 0 radical (unpaired) electrons. The normalized spacial score (nSPS) is 20.1. The molecule has 1 heterocycles. The number of H-pyrrole nitrogens is 1. The highest BCUT2D eigenvalue weighted by atomic mass is 16.5. The van der Waals surface area contributed by atoms with Crippen molar-refractivity contribution < 1.29 is 14.3 Å². The van der Waals surface area contributed by atoms with E-state index >= 15 is 0 Å². The second-order valence-corrected chi connectivity index (χ2v) is 5.35. The number of carbonyl (C=O) groups is 1. The van der Waals surface area contributed by atoms with Gasteiger partial charge in [-0.25, -0.2) is 0 Å². The first-order valence-corrected chi connectivity index (χ1v) is 7.00. The highest BCUT2D eigenvalue weighted by Crippen LogP contribution is 2.39. The smallest absolute Gasteiger partial charge is 0.309 e. The predicted molar refractivity (Wildman–Crippen MR) is 77.9 cm³/mol. The van der Waals surface area contributed by atoms with Crippen molar-refractivity contribution in [3.05, 3.63) is 36.2 Å². The Balaban J connectivity index is 1.56. The van der Waals surface area contributed by atoms with Crippen LogP contribution in [0.5, 0.6) is 5.75 Å². The first-order chi connectivity index (χ1) is 10.2. The topological polar surface area (TPSA) is 64.2 Å².